The van der Waals surface area contributed by atoms with Crippen LogP contribution in [0.25, 0.3) is 0 Å². The first-order valence-electron chi connectivity index (χ1n) is 5.00. The first-order valence-corrected chi connectivity index (χ1v) is 5.00. The van der Waals surface area contributed by atoms with Gasteiger partial charge in [0.25, 0.3) is 0 Å². The predicted octanol–water partition coefficient (Wildman–Crippen LogP) is 3.23. The van der Waals surface area contributed by atoms with Crippen molar-refractivity contribution in [1.29, 1.82) is 0 Å². The van der Waals surface area contributed by atoms with Crippen molar-refractivity contribution in [2.75, 3.05) is 14.1 Å². The summed E-state index contributed by atoms with van der Waals surface area (Å²) in [4.78, 5) is 0. The minimum Gasteiger partial charge on any atom is -0.323 e. The maximum atomic E-state index is 3.79. The van der Waals surface area contributed by atoms with Crippen molar-refractivity contribution in [2.45, 2.75) is 19.3 Å². The van der Waals surface area contributed by atoms with E-state index in [1.165, 1.54) is 11.1 Å². The van der Waals surface area contributed by atoms with Gasteiger partial charge in [0, 0.05) is 0 Å². The largest absolute Gasteiger partial charge is 0.323 e. The Hall–Kier alpha value is -1.08. The SMILES string of the molecule is C=CC1=C(C=C)CCC=CC1.CNC. The molecule has 78 valence electrons. The van der Waals surface area contributed by atoms with E-state index in [1.54, 1.807) is 0 Å². The minimum absolute atomic E-state index is 1.02. The van der Waals surface area contributed by atoms with E-state index in [1.807, 2.05) is 26.2 Å². The summed E-state index contributed by atoms with van der Waals surface area (Å²) in [6.07, 6.45) is 11.6. The van der Waals surface area contributed by atoms with Gasteiger partial charge in [0.05, 0.1) is 0 Å². The van der Waals surface area contributed by atoms with Gasteiger partial charge in [0.15, 0.2) is 0 Å². The number of hydrogen-bond acceptors (Lipinski definition) is 1. The van der Waals surface area contributed by atoms with Crippen molar-refractivity contribution in [3.63, 3.8) is 0 Å². The van der Waals surface area contributed by atoms with Gasteiger partial charge in [-0.05, 0) is 44.5 Å². The first kappa shape index (κ1) is 12.9. The van der Waals surface area contributed by atoms with Crippen LogP contribution in [0.1, 0.15) is 19.3 Å². The van der Waals surface area contributed by atoms with Crippen LogP contribution in [0.15, 0.2) is 48.6 Å². The molecule has 1 nitrogen and oxygen atoms in total. The van der Waals surface area contributed by atoms with Crippen LogP contribution in [0.2, 0.25) is 0 Å². The fraction of sp³-hybridized carbons (Fsp3) is 0.385. The molecule has 0 saturated heterocycles. The van der Waals surface area contributed by atoms with Gasteiger partial charge >= 0.3 is 0 Å². The highest BCUT2D eigenvalue weighted by molar-refractivity contribution is 5.34. The van der Waals surface area contributed by atoms with Crippen LogP contribution in [0.3, 0.4) is 0 Å². The summed E-state index contributed by atoms with van der Waals surface area (Å²) in [5.74, 6) is 0. The highest BCUT2D eigenvalue weighted by Gasteiger charge is 2.00. The molecule has 0 fully saturated rings. The maximum Gasteiger partial charge on any atom is -0.00949 e. The standard InChI is InChI=1S/C11H14.C2H7N/c1-3-10-8-6-5-7-9-11(10)4-2;1-3-2/h3-6H,1-2,7-9H2;3H,1-2H3. The van der Waals surface area contributed by atoms with Gasteiger partial charge in [-0.1, -0.05) is 37.5 Å². The molecular weight excluding hydrogens is 170 g/mol. The van der Waals surface area contributed by atoms with Crippen LogP contribution in [0.5, 0.6) is 0 Å². The Balaban J connectivity index is 0.000000500. The zero-order chi connectivity index (χ0) is 10.8. The second-order valence-corrected chi connectivity index (χ2v) is 3.17. The molecule has 1 heteroatoms. The lowest BCUT2D eigenvalue weighted by atomic mass is 10.0. The van der Waals surface area contributed by atoms with Crippen LogP contribution >= 0.6 is 0 Å². The molecule has 0 aromatic rings. The molecule has 0 heterocycles. The fourth-order valence-electron chi connectivity index (χ4n) is 1.31. The molecule has 0 spiro atoms. The van der Waals surface area contributed by atoms with Crippen molar-refractivity contribution in [1.82, 2.24) is 5.32 Å². The second-order valence-electron chi connectivity index (χ2n) is 3.17. The van der Waals surface area contributed by atoms with Crippen molar-refractivity contribution in [3.8, 4) is 0 Å². The highest BCUT2D eigenvalue weighted by atomic mass is 14.7. The first-order chi connectivity index (χ1) is 6.79. The molecule has 1 rings (SSSR count). The second kappa shape index (κ2) is 8.52. The van der Waals surface area contributed by atoms with Crippen molar-refractivity contribution in [3.05, 3.63) is 48.6 Å². The van der Waals surface area contributed by atoms with E-state index >= 15 is 0 Å². The van der Waals surface area contributed by atoms with Crippen LogP contribution in [-0.2, 0) is 0 Å². The molecule has 0 bridgehead atoms. The van der Waals surface area contributed by atoms with E-state index < -0.39 is 0 Å². The fourth-order valence-corrected chi connectivity index (χ4v) is 1.31. The molecule has 1 aliphatic rings. The zero-order valence-electron chi connectivity index (χ0n) is 9.34. The third-order valence-corrected chi connectivity index (χ3v) is 1.99. The molecule has 14 heavy (non-hydrogen) atoms. The lowest BCUT2D eigenvalue weighted by Crippen LogP contribution is -1.89. The Morgan fingerprint density at radius 3 is 2.21 bits per heavy atom. The van der Waals surface area contributed by atoms with Gasteiger partial charge in [0.2, 0.25) is 0 Å². The lowest BCUT2D eigenvalue weighted by molar-refractivity contribution is 1.01. The summed E-state index contributed by atoms with van der Waals surface area (Å²) < 4.78 is 0. The smallest absolute Gasteiger partial charge is 0.00949 e. The molecule has 0 aromatic carbocycles. The molecule has 0 saturated carbocycles. The molecule has 0 radical (unpaired) electrons. The van der Waals surface area contributed by atoms with E-state index in [2.05, 4.69) is 30.6 Å². The Bertz CT molecular complexity index is 234. The molecule has 1 aliphatic carbocycles. The van der Waals surface area contributed by atoms with E-state index in [0.717, 1.165) is 19.3 Å². The molecule has 0 unspecified atom stereocenters. The van der Waals surface area contributed by atoms with Gasteiger partial charge in [-0.3, -0.25) is 0 Å². The highest BCUT2D eigenvalue weighted by Crippen LogP contribution is 2.20. The number of hydrogen-bond donors (Lipinski definition) is 1. The quantitative estimate of drug-likeness (QED) is 0.661. The van der Waals surface area contributed by atoms with Crippen molar-refractivity contribution >= 4 is 0 Å². The summed E-state index contributed by atoms with van der Waals surface area (Å²) in [7, 11) is 3.75. The molecule has 0 aliphatic heterocycles. The van der Waals surface area contributed by atoms with E-state index in [-0.39, 0.29) is 0 Å². The molecule has 0 atom stereocenters. The van der Waals surface area contributed by atoms with Crippen molar-refractivity contribution in [2.24, 2.45) is 0 Å². The monoisotopic (exact) mass is 191 g/mol. The molecular formula is C13H21N. The van der Waals surface area contributed by atoms with Crippen LogP contribution in [0, 0.1) is 0 Å². The molecule has 0 aromatic heterocycles. The van der Waals surface area contributed by atoms with E-state index in [9.17, 15) is 0 Å². The molecule has 1 N–H and O–H groups in total. The van der Waals surface area contributed by atoms with Crippen LogP contribution in [-0.4, -0.2) is 14.1 Å². The van der Waals surface area contributed by atoms with Gasteiger partial charge in [0.1, 0.15) is 0 Å². The average Bonchev–Trinajstić information content (AvgIpc) is 2.42. The summed E-state index contributed by atoms with van der Waals surface area (Å²) >= 11 is 0. The third kappa shape index (κ3) is 4.83. The Labute approximate surface area is 87.9 Å². The summed E-state index contributed by atoms with van der Waals surface area (Å²) in [5, 5.41) is 2.75. The number of allylic oxidation sites excluding steroid dienone is 6. The van der Waals surface area contributed by atoms with E-state index in [4.69, 9.17) is 0 Å². The van der Waals surface area contributed by atoms with Gasteiger partial charge < -0.3 is 5.32 Å². The van der Waals surface area contributed by atoms with E-state index in [0.29, 0.717) is 0 Å². The van der Waals surface area contributed by atoms with Crippen LogP contribution in [0.4, 0.5) is 0 Å². The van der Waals surface area contributed by atoms with Gasteiger partial charge in [-0.15, -0.1) is 0 Å². The van der Waals surface area contributed by atoms with Crippen LogP contribution < -0.4 is 5.32 Å². The summed E-state index contributed by atoms with van der Waals surface area (Å²) in [6, 6.07) is 0. The topological polar surface area (TPSA) is 12.0 Å². The maximum absolute atomic E-state index is 3.79. The third-order valence-electron chi connectivity index (χ3n) is 1.99. The average molecular weight is 191 g/mol. The minimum atomic E-state index is 1.02. The predicted molar refractivity (Wildman–Crippen MR) is 65.4 cm³/mol. The number of nitrogens with one attached hydrogen (secondary N) is 1. The summed E-state index contributed by atoms with van der Waals surface area (Å²) in [5.41, 5.74) is 2.68. The number of rotatable bonds is 2. The van der Waals surface area contributed by atoms with Crippen molar-refractivity contribution < 1.29 is 0 Å². The zero-order valence-corrected chi connectivity index (χ0v) is 9.34. The normalized spacial score (nSPS) is 15.3. The Kier molecular flexibility index (Phi) is 7.86. The Morgan fingerprint density at radius 2 is 1.71 bits per heavy atom. The van der Waals surface area contributed by atoms with Gasteiger partial charge in [-0.25, -0.2) is 0 Å². The lowest BCUT2D eigenvalue weighted by Gasteiger charge is -2.02. The Morgan fingerprint density at radius 1 is 1.14 bits per heavy atom. The van der Waals surface area contributed by atoms with Gasteiger partial charge in [-0.2, -0.15) is 0 Å². The molecule has 0 amide bonds. The summed E-state index contributed by atoms with van der Waals surface area (Å²) in [6.45, 7) is 7.58.